The van der Waals surface area contributed by atoms with Gasteiger partial charge in [-0.05, 0) is 72.9 Å². The van der Waals surface area contributed by atoms with Crippen LogP contribution in [0, 0.1) is 12.8 Å². The van der Waals surface area contributed by atoms with E-state index < -0.39 is 5.97 Å². The Hall–Kier alpha value is -2.59. The molecule has 28 heavy (non-hydrogen) atoms. The standard InChI is InChI=1S/C24H28O4/c1-17-2-8-20(9-3-17)23-12-6-19(15-25)14-21(23)16-28-22-10-4-18(5-11-22)7-13-24(26)27/h2-5,8-11,19,25H,6-7,12-16H2,1H3,(H,26,27). The van der Waals surface area contributed by atoms with Gasteiger partial charge in [0.25, 0.3) is 0 Å². The Labute approximate surface area is 166 Å². The second-order valence-corrected chi connectivity index (χ2v) is 7.57. The summed E-state index contributed by atoms with van der Waals surface area (Å²) in [5, 5.41) is 18.4. The molecule has 2 aromatic rings. The van der Waals surface area contributed by atoms with Gasteiger partial charge in [0, 0.05) is 13.0 Å². The number of aryl methyl sites for hydroxylation is 2. The highest BCUT2D eigenvalue weighted by Gasteiger charge is 2.22. The van der Waals surface area contributed by atoms with E-state index >= 15 is 0 Å². The Morgan fingerprint density at radius 3 is 2.46 bits per heavy atom. The van der Waals surface area contributed by atoms with Crippen molar-refractivity contribution < 1.29 is 19.7 Å². The minimum atomic E-state index is -0.786. The van der Waals surface area contributed by atoms with Crippen molar-refractivity contribution in [3.05, 3.63) is 70.8 Å². The Morgan fingerprint density at radius 2 is 1.82 bits per heavy atom. The van der Waals surface area contributed by atoms with Gasteiger partial charge in [0.1, 0.15) is 12.4 Å². The number of benzene rings is 2. The van der Waals surface area contributed by atoms with Crippen molar-refractivity contribution in [1.29, 1.82) is 0 Å². The van der Waals surface area contributed by atoms with Crippen molar-refractivity contribution in [3.8, 4) is 5.75 Å². The molecule has 0 aromatic heterocycles. The Balaban J connectivity index is 1.71. The summed E-state index contributed by atoms with van der Waals surface area (Å²) in [6.07, 6.45) is 3.48. The molecule has 0 bridgehead atoms. The van der Waals surface area contributed by atoms with Gasteiger partial charge in [0.2, 0.25) is 0 Å². The Morgan fingerprint density at radius 1 is 1.11 bits per heavy atom. The van der Waals surface area contributed by atoms with Gasteiger partial charge in [-0.25, -0.2) is 0 Å². The maximum absolute atomic E-state index is 10.7. The number of allylic oxidation sites excluding steroid dienone is 1. The van der Waals surface area contributed by atoms with Crippen LogP contribution in [0.4, 0.5) is 0 Å². The lowest BCUT2D eigenvalue weighted by Gasteiger charge is -2.27. The number of carboxylic acids is 1. The lowest BCUT2D eigenvalue weighted by Crippen LogP contribution is -2.17. The first kappa shape index (κ1) is 20.2. The Bertz CT molecular complexity index is 819. The largest absolute Gasteiger partial charge is 0.489 e. The topological polar surface area (TPSA) is 66.8 Å². The van der Waals surface area contributed by atoms with Crippen molar-refractivity contribution in [1.82, 2.24) is 0 Å². The molecule has 0 radical (unpaired) electrons. The molecule has 3 rings (SSSR count). The van der Waals surface area contributed by atoms with Crippen LogP contribution in [0.3, 0.4) is 0 Å². The van der Waals surface area contributed by atoms with E-state index in [2.05, 4.69) is 31.2 Å². The SMILES string of the molecule is Cc1ccc(C2=C(COc3ccc(CCC(=O)O)cc3)CC(CO)CC2)cc1. The van der Waals surface area contributed by atoms with E-state index in [0.29, 0.717) is 18.9 Å². The van der Waals surface area contributed by atoms with Crippen molar-refractivity contribution in [3.63, 3.8) is 0 Å². The van der Waals surface area contributed by atoms with Crippen LogP contribution in [0.15, 0.2) is 54.1 Å². The third-order valence-corrected chi connectivity index (χ3v) is 5.39. The summed E-state index contributed by atoms with van der Waals surface area (Å²) in [6, 6.07) is 16.2. The van der Waals surface area contributed by atoms with Gasteiger partial charge in [-0.15, -0.1) is 0 Å². The number of aliphatic hydroxyl groups is 1. The van der Waals surface area contributed by atoms with Crippen LogP contribution in [-0.2, 0) is 11.2 Å². The number of carboxylic acid groups (broad SMARTS) is 1. The predicted molar refractivity (Wildman–Crippen MR) is 110 cm³/mol. The van der Waals surface area contributed by atoms with Gasteiger partial charge in [-0.1, -0.05) is 42.0 Å². The average molecular weight is 380 g/mol. The zero-order valence-electron chi connectivity index (χ0n) is 16.4. The van der Waals surface area contributed by atoms with E-state index in [-0.39, 0.29) is 13.0 Å². The molecule has 0 fully saturated rings. The molecule has 0 spiro atoms. The second kappa shape index (κ2) is 9.56. The van der Waals surface area contributed by atoms with Crippen molar-refractivity contribution in [2.75, 3.05) is 13.2 Å². The fraction of sp³-hybridized carbons (Fsp3) is 0.375. The number of carbonyl (C=O) groups is 1. The second-order valence-electron chi connectivity index (χ2n) is 7.57. The highest BCUT2D eigenvalue weighted by molar-refractivity contribution is 5.70. The summed E-state index contributed by atoms with van der Waals surface area (Å²) in [6.45, 7) is 2.81. The van der Waals surface area contributed by atoms with Crippen molar-refractivity contribution in [2.45, 2.75) is 39.0 Å². The van der Waals surface area contributed by atoms with Gasteiger partial charge < -0.3 is 14.9 Å². The van der Waals surface area contributed by atoms with Crippen molar-refractivity contribution in [2.24, 2.45) is 5.92 Å². The van der Waals surface area contributed by atoms with E-state index in [1.807, 2.05) is 24.3 Å². The molecule has 148 valence electrons. The summed E-state index contributed by atoms with van der Waals surface area (Å²) in [5.41, 5.74) is 6.07. The smallest absolute Gasteiger partial charge is 0.303 e. The molecule has 1 atom stereocenters. The van der Waals surface area contributed by atoms with E-state index in [1.54, 1.807) is 0 Å². The van der Waals surface area contributed by atoms with Gasteiger partial charge >= 0.3 is 5.97 Å². The summed E-state index contributed by atoms with van der Waals surface area (Å²) in [4.78, 5) is 10.7. The fourth-order valence-corrected chi connectivity index (χ4v) is 3.68. The first-order valence-electron chi connectivity index (χ1n) is 9.87. The van der Waals surface area contributed by atoms with E-state index in [1.165, 1.54) is 22.3 Å². The monoisotopic (exact) mass is 380 g/mol. The van der Waals surface area contributed by atoms with E-state index in [0.717, 1.165) is 30.6 Å². The molecular weight excluding hydrogens is 352 g/mol. The molecule has 4 heteroatoms. The summed E-state index contributed by atoms with van der Waals surface area (Å²) in [5.74, 6) is 0.291. The molecule has 1 aliphatic carbocycles. The number of rotatable bonds is 8. The van der Waals surface area contributed by atoms with Gasteiger partial charge in [0.05, 0.1) is 0 Å². The molecule has 4 nitrogen and oxygen atoms in total. The molecule has 2 N–H and O–H groups in total. The molecule has 1 unspecified atom stereocenters. The van der Waals surface area contributed by atoms with Crippen molar-refractivity contribution >= 4 is 11.5 Å². The number of hydrogen-bond donors (Lipinski definition) is 2. The number of aliphatic hydroxyl groups excluding tert-OH is 1. The van der Waals surface area contributed by atoms with Crippen LogP contribution in [0.5, 0.6) is 5.75 Å². The molecule has 0 saturated heterocycles. The maximum Gasteiger partial charge on any atom is 0.303 e. The zero-order valence-corrected chi connectivity index (χ0v) is 16.4. The number of ether oxygens (including phenoxy) is 1. The third-order valence-electron chi connectivity index (χ3n) is 5.39. The zero-order chi connectivity index (χ0) is 19.9. The molecule has 2 aromatic carbocycles. The maximum atomic E-state index is 10.7. The Kier molecular flexibility index (Phi) is 6.88. The number of aliphatic carboxylic acids is 1. The highest BCUT2D eigenvalue weighted by atomic mass is 16.5. The molecule has 0 heterocycles. The summed E-state index contributed by atoms with van der Waals surface area (Å²) in [7, 11) is 0. The lowest BCUT2D eigenvalue weighted by molar-refractivity contribution is -0.136. The van der Waals surface area contributed by atoms with Crippen LogP contribution in [0.1, 0.15) is 42.4 Å². The summed E-state index contributed by atoms with van der Waals surface area (Å²) >= 11 is 0. The minimum Gasteiger partial charge on any atom is -0.489 e. The average Bonchev–Trinajstić information content (AvgIpc) is 2.72. The van der Waals surface area contributed by atoms with Gasteiger partial charge in [-0.3, -0.25) is 4.79 Å². The molecule has 0 amide bonds. The highest BCUT2D eigenvalue weighted by Crippen LogP contribution is 2.35. The quantitative estimate of drug-likeness (QED) is 0.700. The van der Waals surface area contributed by atoms with E-state index in [4.69, 9.17) is 9.84 Å². The fourth-order valence-electron chi connectivity index (χ4n) is 3.68. The van der Waals surface area contributed by atoms with Crippen LogP contribution < -0.4 is 4.74 Å². The first-order chi connectivity index (χ1) is 13.5. The van der Waals surface area contributed by atoms with Gasteiger partial charge in [0.15, 0.2) is 0 Å². The van der Waals surface area contributed by atoms with E-state index in [9.17, 15) is 9.90 Å². The predicted octanol–water partition coefficient (Wildman–Crippen LogP) is 4.64. The minimum absolute atomic E-state index is 0.134. The summed E-state index contributed by atoms with van der Waals surface area (Å²) < 4.78 is 6.04. The van der Waals surface area contributed by atoms with Crippen LogP contribution >= 0.6 is 0 Å². The normalized spacial score (nSPS) is 16.9. The number of hydrogen-bond acceptors (Lipinski definition) is 3. The molecule has 1 aliphatic rings. The molecular formula is C24H28O4. The van der Waals surface area contributed by atoms with Gasteiger partial charge in [-0.2, -0.15) is 0 Å². The molecule has 0 saturated carbocycles. The van der Waals surface area contributed by atoms with Crippen LogP contribution in [-0.4, -0.2) is 29.4 Å². The van der Waals surface area contributed by atoms with Crippen LogP contribution in [0.2, 0.25) is 0 Å². The lowest BCUT2D eigenvalue weighted by atomic mass is 9.81. The third kappa shape index (κ3) is 5.46. The molecule has 0 aliphatic heterocycles. The first-order valence-corrected chi connectivity index (χ1v) is 9.87. The van der Waals surface area contributed by atoms with Crippen LogP contribution in [0.25, 0.3) is 5.57 Å².